The first-order chi connectivity index (χ1) is 22.9. The Labute approximate surface area is 294 Å². The maximum Gasteiger partial charge on any atom is 0.309 e. The Morgan fingerprint density at radius 1 is 0.489 bits per heavy atom. The Bertz CT molecular complexity index is 649. The van der Waals surface area contributed by atoms with E-state index in [4.69, 9.17) is 9.47 Å². The summed E-state index contributed by atoms with van der Waals surface area (Å²) in [5.41, 5.74) is 0. The van der Waals surface area contributed by atoms with E-state index < -0.39 is 0 Å². The second-order valence-corrected chi connectivity index (χ2v) is 14.8. The van der Waals surface area contributed by atoms with Crippen LogP contribution in [-0.2, 0) is 19.1 Å². The van der Waals surface area contributed by atoms with E-state index in [-0.39, 0.29) is 30.6 Å². The summed E-state index contributed by atoms with van der Waals surface area (Å²) in [7, 11) is 4.17. The summed E-state index contributed by atoms with van der Waals surface area (Å²) in [4.78, 5) is 28.4. The quantitative estimate of drug-likeness (QED) is 0.0488. The molecule has 0 amide bonds. The number of hydrogen-bond donors (Lipinski definition) is 0. The monoisotopic (exact) mass is 666 g/mol. The van der Waals surface area contributed by atoms with E-state index in [1.165, 1.54) is 128 Å². The molecule has 0 bridgehead atoms. The van der Waals surface area contributed by atoms with E-state index >= 15 is 0 Å². The van der Waals surface area contributed by atoms with Crippen molar-refractivity contribution in [3.63, 3.8) is 0 Å². The van der Waals surface area contributed by atoms with Crippen LogP contribution in [0.15, 0.2) is 0 Å². The molecule has 0 spiro atoms. The number of carbonyl (C=O) groups excluding carboxylic acids is 2. The summed E-state index contributed by atoms with van der Waals surface area (Å²) in [6, 6.07) is 0. The van der Waals surface area contributed by atoms with Crippen molar-refractivity contribution in [1.29, 1.82) is 0 Å². The molecule has 5 nitrogen and oxygen atoms in total. The van der Waals surface area contributed by atoms with Crippen molar-refractivity contribution in [3.8, 4) is 0 Å². The predicted molar refractivity (Wildman–Crippen MR) is 203 cm³/mol. The minimum absolute atomic E-state index is 0.0216. The van der Waals surface area contributed by atoms with E-state index in [2.05, 4.69) is 39.8 Å². The van der Waals surface area contributed by atoms with Gasteiger partial charge in [0.05, 0.1) is 5.92 Å². The lowest BCUT2D eigenvalue weighted by molar-refractivity contribution is -0.162. The zero-order chi connectivity index (χ0) is 34.6. The van der Waals surface area contributed by atoms with Gasteiger partial charge in [-0.05, 0) is 59.2 Å². The molecule has 0 aromatic heterocycles. The molecule has 0 aliphatic carbocycles. The van der Waals surface area contributed by atoms with Gasteiger partial charge in [-0.2, -0.15) is 0 Å². The number of esters is 2. The summed E-state index contributed by atoms with van der Waals surface area (Å²) in [6.07, 6.45) is 36.2. The van der Waals surface area contributed by atoms with Crippen molar-refractivity contribution >= 4 is 11.9 Å². The highest BCUT2D eigenvalue weighted by molar-refractivity contribution is 5.72. The molecule has 0 aromatic carbocycles. The second kappa shape index (κ2) is 36.2. The molecule has 0 N–H and O–H groups in total. The summed E-state index contributed by atoms with van der Waals surface area (Å²) < 4.78 is 11.9. The number of unbranched alkanes of at least 4 members (excludes halogenated alkanes) is 23. The number of hydrogen-bond acceptors (Lipinski definition) is 5. The van der Waals surface area contributed by atoms with Gasteiger partial charge in [0.25, 0.3) is 0 Å². The van der Waals surface area contributed by atoms with Crippen LogP contribution in [0.4, 0.5) is 0 Å². The molecule has 0 fully saturated rings. The van der Waals surface area contributed by atoms with Gasteiger partial charge in [-0.1, -0.05) is 175 Å². The fourth-order valence-electron chi connectivity index (χ4n) is 6.52. The van der Waals surface area contributed by atoms with Gasteiger partial charge in [-0.3, -0.25) is 9.59 Å². The standard InChI is InChI=1S/C42H83NO4/c1-6-9-12-15-18-19-20-23-26-30-35-40(47-41(44)36-31-27-32-37-43(4)5)38-46-42(45)39(33-28-24-21-16-13-10-7-2)34-29-25-22-17-14-11-8-3/h39-40H,6-38H2,1-5H3. The second-order valence-electron chi connectivity index (χ2n) is 14.8. The molecule has 0 heterocycles. The van der Waals surface area contributed by atoms with E-state index in [0.29, 0.717) is 6.42 Å². The Hall–Kier alpha value is -1.10. The van der Waals surface area contributed by atoms with E-state index in [1.807, 2.05) is 0 Å². The lowest BCUT2D eigenvalue weighted by Gasteiger charge is -2.21. The van der Waals surface area contributed by atoms with Crippen LogP contribution in [0.25, 0.3) is 0 Å². The highest BCUT2D eigenvalue weighted by Crippen LogP contribution is 2.22. The van der Waals surface area contributed by atoms with Crippen LogP contribution in [-0.4, -0.2) is 50.2 Å². The van der Waals surface area contributed by atoms with Gasteiger partial charge < -0.3 is 14.4 Å². The molecule has 5 heteroatoms. The summed E-state index contributed by atoms with van der Waals surface area (Å²) in [6.45, 7) is 8.05. The number of carbonyl (C=O) groups is 2. The number of rotatable bonds is 37. The minimum atomic E-state index is -0.319. The van der Waals surface area contributed by atoms with Gasteiger partial charge in [-0.25, -0.2) is 0 Å². The molecule has 47 heavy (non-hydrogen) atoms. The van der Waals surface area contributed by atoms with Crippen molar-refractivity contribution in [1.82, 2.24) is 4.90 Å². The average molecular weight is 666 g/mol. The molecule has 280 valence electrons. The normalized spacial score (nSPS) is 12.2. The fourth-order valence-corrected chi connectivity index (χ4v) is 6.52. The molecule has 0 aliphatic rings. The van der Waals surface area contributed by atoms with Crippen molar-refractivity contribution < 1.29 is 19.1 Å². The molecule has 1 unspecified atom stereocenters. The van der Waals surface area contributed by atoms with Gasteiger partial charge in [0.15, 0.2) is 0 Å². The Morgan fingerprint density at radius 2 is 0.872 bits per heavy atom. The van der Waals surface area contributed by atoms with Gasteiger partial charge in [0, 0.05) is 6.42 Å². The van der Waals surface area contributed by atoms with E-state index in [0.717, 1.165) is 70.8 Å². The molecule has 0 saturated heterocycles. The molecule has 1 atom stereocenters. The SMILES string of the molecule is CCCCCCCCCCCCC(COC(=O)C(CCCCCCCCC)CCCCCCCCC)OC(=O)CCCCCN(C)C. The van der Waals surface area contributed by atoms with E-state index in [9.17, 15) is 9.59 Å². The third-order valence-corrected chi connectivity index (χ3v) is 9.72. The van der Waals surface area contributed by atoms with E-state index in [1.54, 1.807) is 0 Å². The predicted octanol–water partition coefficient (Wildman–Crippen LogP) is 12.8. The maximum absolute atomic E-state index is 13.4. The number of ether oxygens (including phenoxy) is 2. The Morgan fingerprint density at radius 3 is 1.30 bits per heavy atom. The molecule has 0 saturated carbocycles. The molecule has 0 rings (SSSR count). The van der Waals surface area contributed by atoms with Crippen molar-refractivity contribution in [2.45, 2.75) is 226 Å². The van der Waals surface area contributed by atoms with Gasteiger partial charge in [0.2, 0.25) is 0 Å². The molecule has 0 radical (unpaired) electrons. The van der Waals surface area contributed by atoms with Crippen LogP contribution in [0.3, 0.4) is 0 Å². The Balaban J connectivity index is 4.87. The zero-order valence-corrected chi connectivity index (χ0v) is 32.6. The fraction of sp³-hybridized carbons (Fsp3) is 0.952. The molecule has 0 aromatic rings. The smallest absolute Gasteiger partial charge is 0.309 e. The molecular formula is C42H83NO4. The van der Waals surface area contributed by atoms with Crippen LogP contribution in [0.5, 0.6) is 0 Å². The minimum Gasteiger partial charge on any atom is -0.462 e. The zero-order valence-electron chi connectivity index (χ0n) is 32.6. The van der Waals surface area contributed by atoms with Crippen LogP contribution < -0.4 is 0 Å². The third kappa shape index (κ3) is 33.2. The van der Waals surface area contributed by atoms with Gasteiger partial charge >= 0.3 is 11.9 Å². The van der Waals surface area contributed by atoms with Gasteiger partial charge in [0.1, 0.15) is 12.7 Å². The first-order valence-electron chi connectivity index (χ1n) is 20.9. The average Bonchev–Trinajstić information content (AvgIpc) is 3.05. The highest BCUT2D eigenvalue weighted by Gasteiger charge is 2.23. The first-order valence-corrected chi connectivity index (χ1v) is 20.9. The molecular weight excluding hydrogens is 582 g/mol. The third-order valence-electron chi connectivity index (χ3n) is 9.72. The Kier molecular flexibility index (Phi) is 35.3. The van der Waals surface area contributed by atoms with Crippen LogP contribution in [0.2, 0.25) is 0 Å². The van der Waals surface area contributed by atoms with Crippen LogP contribution >= 0.6 is 0 Å². The van der Waals surface area contributed by atoms with Crippen LogP contribution in [0.1, 0.15) is 220 Å². The van der Waals surface area contributed by atoms with Crippen molar-refractivity contribution in [3.05, 3.63) is 0 Å². The van der Waals surface area contributed by atoms with Crippen molar-refractivity contribution in [2.75, 3.05) is 27.2 Å². The van der Waals surface area contributed by atoms with Gasteiger partial charge in [-0.15, -0.1) is 0 Å². The van der Waals surface area contributed by atoms with Crippen LogP contribution in [0, 0.1) is 5.92 Å². The highest BCUT2D eigenvalue weighted by atomic mass is 16.6. The number of nitrogens with zero attached hydrogens (tertiary/aromatic N) is 1. The lowest BCUT2D eigenvalue weighted by atomic mass is 9.94. The summed E-state index contributed by atoms with van der Waals surface area (Å²) in [5.74, 6) is -0.216. The lowest BCUT2D eigenvalue weighted by Crippen LogP contribution is -2.28. The van der Waals surface area contributed by atoms with Crippen molar-refractivity contribution in [2.24, 2.45) is 5.92 Å². The first kappa shape index (κ1) is 45.9. The summed E-state index contributed by atoms with van der Waals surface area (Å²) >= 11 is 0. The summed E-state index contributed by atoms with van der Waals surface area (Å²) in [5, 5.41) is 0. The topological polar surface area (TPSA) is 55.8 Å². The molecule has 0 aliphatic heterocycles. The maximum atomic E-state index is 13.4. The largest absolute Gasteiger partial charge is 0.462 e.